The summed E-state index contributed by atoms with van der Waals surface area (Å²) in [5, 5.41) is 5.50. The van der Waals surface area contributed by atoms with Gasteiger partial charge in [0.1, 0.15) is 0 Å². The molecule has 0 radical (unpaired) electrons. The van der Waals surface area contributed by atoms with Crippen LogP contribution in [0.5, 0.6) is 0 Å². The van der Waals surface area contributed by atoms with Crippen LogP contribution in [0.4, 0.5) is 0 Å². The fraction of sp³-hybridized carbons (Fsp3) is 0.400. The second kappa shape index (κ2) is 4.49. The predicted molar refractivity (Wildman–Crippen MR) is 36.1 cm³/mol. The predicted octanol–water partition coefficient (Wildman–Crippen LogP) is -0.0464. The van der Waals surface area contributed by atoms with Crippen molar-refractivity contribution < 1.29 is 4.79 Å². The molecule has 0 saturated carbocycles. The first kappa shape index (κ1) is 8.61. The van der Waals surface area contributed by atoms with Crippen molar-refractivity contribution >= 4 is 5.91 Å². The number of nitrogens with one attached hydrogen (secondary N) is 2. The van der Waals surface area contributed by atoms with Gasteiger partial charge in [-0.15, -0.1) is 0 Å². The number of nitrogens with zero attached hydrogens (tertiary/aromatic N) is 1. The lowest BCUT2D eigenvalue weighted by molar-refractivity contribution is -0.118. The Bertz CT molecular complexity index is 163. The smallest absolute Gasteiger partial charge is 0.217 e. The Kier molecular flexibility index (Phi) is 3.86. The highest BCUT2D eigenvalue weighted by molar-refractivity contribution is 5.73. The van der Waals surface area contributed by atoms with Gasteiger partial charge < -0.3 is 11.1 Å². The van der Waals surface area contributed by atoms with Crippen LogP contribution in [0.25, 0.3) is 0 Å². The Morgan fingerprint density at radius 3 is 2.80 bits per heavy atom. The molecule has 0 aromatic rings. The van der Waals surface area contributed by atoms with E-state index in [0.29, 0.717) is 5.70 Å². The van der Waals surface area contributed by atoms with E-state index in [1.165, 1.54) is 13.1 Å². The number of carbonyl (C=O) groups is 1. The third-order valence-electron chi connectivity index (χ3n) is 0.854. The maximum absolute atomic E-state index is 10.3. The molecule has 0 aromatic carbocycles. The van der Waals surface area contributed by atoms with E-state index in [1.807, 2.05) is 0 Å². The molecule has 0 aliphatic heterocycles. The first-order chi connectivity index (χ1) is 4.70. The van der Waals surface area contributed by atoms with Gasteiger partial charge in [-0.05, 0) is 0 Å². The molecule has 0 aliphatic carbocycles. The van der Waals surface area contributed by atoms with E-state index in [0.717, 1.165) is 0 Å². The molecule has 0 bridgehead atoms. The van der Waals surface area contributed by atoms with Crippen molar-refractivity contribution in [1.29, 1.82) is 5.53 Å². The minimum absolute atomic E-state index is 0.164. The molecular weight excluding hydrogens is 132 g/mol. The molecule has 0 aliphatic rings. The number of rotatable bonds is 3. The molecule has 56 valence electrons. The SMILES string of the molecule is CC(=O)NC/C(=C/N)N=N. The van der Waals surface area contributed by atoms with Gasteiger partial charge in [-0.25, -0.2) is 5.53 Å². The zero-order valence-corrected chi connectivity index (χ0v) is 5.72. The third-order valence-corrected chi connectivity index (χ3v) is 0.854. The van der Waals surface area contributed by atoms with Crippen molar-refractivity contribution in [2.45, 2.75) is 6.92 Å². The normalized spacial score (nSPS) is 10.7. The zero-order chi connectivity index (χ0) is 7.98. The van der Waals surface area contributed by atoms with Crippen LogP contribution >= 0.6 is 0 Å². The summed E-state index contributed by atoms with van der Waals surface area (Å²) in [6.45, 7) is 1.60. The Labute approximate surface area is 58.8 Å². The summed E-state index contributed by atoms with van der Waals surface area (Å²) in [5.41, 5.74) is 11.9. The van der Waals surface area contributed by atoms with Gasteiger partial charge in [0.05, 0.1) is 12.2 Å². The second-order valence-corrected chi connectivity index (χ2v) is 1.68. The second-order valence-electron chi connectivity index (χ2n) is 1.68. The average molecular weight is 142 g/mol. The van der Waals surface area contributed by atoms with E-state index in [2.05, 4.69) is 10.4 Å². The molecule has 5 heteroatoms. The van der Waals surface area contributed by atoms with E-state index in [9.17, 15) is 4.79 Å². The lowest BCUT2D eigenvalue weighted by Gasteiger charge is -1.98. The summed E-state index contributed by atoms with van der Waals surface area (Å²) in [4.78, 5) is 10.3. The molecule has 0 heterocycles. The Balaban J connectivity index is 3.66. The number of nitrogens with two attached hydrogens (primary N) is 1. The first-order valence-electron chi connectivity index (χ1n) is 2.73. The highest BCUT2D eigenvalue weighted by Crippen LogP contribution is 1.88. The van der Waals surface area contributed by atoms with Crippen molar-refractivity contribution in [2.75, 3.05) is 6.54 Å². The van der Waals surface area contributed by atoms with Crippen LogP contribution in [0.3, 0.4) is 0 Å². The van der Waals surface area contributed by atoms with Gasteiger partial charge in [0.15, 0.2) is 0 Å². The van der Waals surface area contributed by atoms with Crippen molar-refractivity contribution in [1.82, 2.24) is 5.32 Å². The van der Waals surface area contributed by atoms with E-state index < -0.39 is 0 Å². The van der Waals surface area contributed by atoms with Crippen LogP contribution in [0.1, 0.15) is 6.92 Å². The Hall–Kier alpha value is -1.39. The number of amides is 1. The van der Waals surface area contributed by atoms with Gasteiger partial charge in [0, 0.05) is 13.1 Å². The molecule has 0 rings (SSSR count). The lowest BCUT2D eigenvalue weighted by Crippen LogP contribution is -2.22. The highest BCUT2D eigenvalue weighted by Gasteiger charge is 1.93. The summed E-state index contributed by atoms with van der Waals surface area (Å²) < 4.78 is 0. The van der Waals surface area contributed by atoms with Gasteiger partial charge >= 0.3 is 0 Å². The molecule has 0 fully saturated rings. The minimum atomic E-state index is -0.164. The Morgan fingerprint density at radius 2 is 2.50 bits per heavy atom. The van der Waals surface area contributed by atoms with Crippen LogP contribution in [0.2, 0.25) is 0 Å². The summed E-state index contributed by atoms with van der Waals surface area (Å²) in [6.07, 6.45) is 1.18. The molecule has 0 spiro atoms. The zero-order valence-electron chi connectivity index (χ0n) is 5.72. The molecule has 4 N–H and O–H groups in total. The third kappa shape index (κ3) is 3.59. The van der Waals surface area contributed by atoms with Gasteiger partial charge in [-0.1, -0.05) is 0 Å². The molecule has 1 amide bonds. The standard InChI is InChI=1S/C5H10N4O/c1-4(10)8-3-5(2-6)9-7/h2,7H,3,6H2,1H3,(H,8,10)/b5-2-,9-7?. The van der Waals surface area contributed by atoms with Gasteiger partial charge in [0.25, 0.3) is 0 Å². The molecule has 0 unspecified atom stereocenters. The number of carbonyl (C=O) groups excluding carboxylic acids is 1. The van der Waals surface area contributed by atoms with Crippen LogP contribution in [-0.2, 0) is 4.79 Å². The van der Waals surface area contributed by atoms with Crippen molar-refractivity contribution in [2.24, 2.45) is 10.8 Å². The van der Waals surface area contributed by atoms with E-state index in [1.54, 1.807) is 0 Å². The van der Waals surface area contributed by atoms with Crippen molar-refractivity contribution in [3.63, 3.8) is 0 Å². The Morgan fingerprint density at radius 1 is 1.90 bits per heavy atom. The maximum Gasteiger partial charge on any atom is 0.217 e. The molecule has 0 atom stereocenters. The fourth-order valence-electron chi connectivity index (χ4n) is 0.351. The minimum Gasteiger partial charge on any atom is -0.403 e. The number of hydrogen-bond donors (Lipinski definition) is 3. The average Bonchev–Trinajstić information content (AvgIpc) is 1.90. The van der Waals surface area contributed by atoms with Gasteiger partial charge in [-0.2, -0.15) is 5.11 Å². The quantitative estimate of drug-likeness (QED) is 0.482. The lowest BCUT2D eigenvalue weighted by atomic mass is 10.4. The van der Waals surface area contributed by atoms with Crippen LogP contribution < -0.4 is 11.1 Å². The van der Waals surface area contributed by atoms with Crippen LogP contribution in [0.15, 0.2) is 17.0 Å². The van der Waals surface area contributed by atoms with Crippen molar-refractivity contribution in [3.05, 3.63) is 11.9 Å². The van der Waals surface area contributed by atoms with Crippen LogP contribution in [-0.4, -0.2) is 12.5 Å². The topological polar surface area (TPSA) is 91.3 Å². The molecule has 0 saturated heterocycles. The monoisotopic (exact) mass is 142 g/mol. The first-order valence-corrected chi connectivity index (χ1v) is 2.73. The summed E-state index contributed by atoms with van der Waals surface area (Å²) in [6, 6.07) is 0. The van der Waals surface area contributed by atoms with Gasteiger partial charge in [0.2, 0.25) is 5.91 Å². The number of hydrogen-bond acceptors (Lipinski definition) is 4. The summed E-state index contributed by atoms with van der Waals surface area (Å²) in [7, 11) is 0. The summed E-state index contributed by atoms with van der Waals surface area (Å²) >= 11 is 0. The molecular formula is C5H10N4O. The van der Waals surface area contributed by atoms with E-state index in [4.69, 9.17) is 11.3 Å². The fourth-order valence-corrected chi connectivity index (χ4v) is 0.351. The van der Waals surface area contributed by atoms with Crippen molar-refractivity contribution in [3.8, 4) is 0 Å². The molecule has 0 aromatic heterocycles. The van der Waals surface area contributed by atoms with E-state index in [-0.39, 0.29) is 12.5 Å². The molecule has 10 heavy (non-hydrogen) atoms. The van der Waals surface area contributed by atoms with E-state index >= 15 is 0 Å². The van der Waals surface area contributed by atoms with Crippen LogP contribution in [0, 0.1) is 5.53 Å². The largest absolute Gasteiger partial charge is 0.403 e. The van der Waals surface area contributed by atoms with Gasteiger partial charge in [-0.3, -0.25) is 4.79 Å². The maximum atomic E-state index is 10.3. The highest BCUT2D eigenvalue weighted by atomic mass is 16.1. The summed E-state index contributed by atoms with van der Waals surface area (Å²) in [5.74, 6) is -0.164. The molecule has 5 nitrogen and oxygen atoms in total.